The van der Waals surface area contributed by atoms with Crippen LogP contribution >= 0.6 is 12.2 Å². The standard InChI is InChI=1S/C11H18O3S/c1-14-4-2-3-10(15)7-8-5-9(6-8)11(12)13/h8-9H,2-7H2,1H3,(H,12,13). The largest absolute Gasteiger partial charge is 0.481 e. The van der Waals surface area contributed by atoms with Crippen LogP contribution in [-0.2, 0) is 9.53 Å². The summed E-state index contributed by atoms with van der Waals surface area (Å²) in [7, 11) is 1.69. The van der Waals surface area contributed by atoms with Crippen molar-refractivity contribution in [3.63, 3.8) is 0 Å². The van der Waals surface area contributed by atoms with E-state index < -0.39 is 5.97 Å². The number of carbonyl (C=O) groups is 1. The van der Waals surface area contributed by atoms with Crippen molar-refractivity contribution in [3.05, 3.63) is 0 Å². The zero-order valence-corrected chi connectivity index (χ0v) is 9.89. The van der Waals surface area contributed by atoms with Gasteiger partial charge in [0.1, 0.15) is 0 Å². The number of carboxylic acid groups (broad SMARTS) is 1. The summed E-state index contributed by atoms with van der Waals surface area (Å²) in [5.74, 6) is -0.255. The molecule has 4 heteroatoms. The van der Waals surface area contributed by atoms with E-state index in [4.69, 9.17) is 22.1 Å². The first-order chi connectivity index (χ1) is 7.13. The minimum atomic E-state index is -0.656. The molecule has 0 aromatic rings. The Labute approximate surface area is 95.8 Å². The molecule has 1 aliphatic carbocycles. The molecule has 0 bridgehead atoms. The second-order valence-corrected chi connectivity index (χ2v) is 4.79. The van der Waals surface area contributed by atoms with Crippen LogP contribution in [-0.4, -0.2) is 29.7 Å². The highest BCUT2D eigenvalue weighted by molar-refractivity contribution is 7.80. The molecule has 0 unspecified atom stereocenters. The molecule has 0 aromatic carbocycles. The molecule has 15 heavy (non-hydrogen) atoms. The molecule has 0 atom stereocenters. The van der Waals surface area contributed by atoms with Gasteiger partial charge in [0.25, 0.3) is 0 Å². The van der Waals surface area contributed by atoms with Crippen molar-refractivity contribution in [1.29, 1.82) is 0 Å². The smallest absolute Gasteiger partial charge is 0.306 e. The van der Waals surface area contributed by atoms with Gasteiger partial charge in [-0.1, -0.05) is 12.2 Å². The minimum absolute atomic E-state index is 0.114. The Kier molecular flexibility index (Phi) is 5.19. The van der Waals surface area contributed by atoms with Crippen LogP contribution in [0.1, 0.15) is 32.1 Å². The molecule has 1 saturated carbocycles. The third-order valence-electron chi connectivity index (χ3n) is 2.91. The fraction of sp³-hybridized carbons (Fsp3) is 0.818. The van der Waals surface area contributed by atoms with Crippen molar-refractivity contribution < 1.29 is 14.6 Å². The van der Waals surface area contributed by atoms with Crippen molar-refractivity contribution in [2.24, 2.45) is 11.8 Å². The number of hydrogen-bond acceptors (Lipinski definition) is 3. The van der Waals surface area contributed by atoms with Gasteiger partial charge in [-0.2, -0.15) is 0 Å². The average molecular weight is 230 g/mol. The maximum absolute atomic E-state index is 10.6. The van der Waals surface area contributed by atoms with Gasteiger partial charge in [0.2, 0.25) is 0 Å². The van der Waals surface area contributed by atoms with Gasteiger partial charge in [-0.25, -0.2) is 0 Å². The lowest BCUT2D eigenvalue weighted by Crippen LogP contribution is -2.31. The van der Waals surface area contributed by atoms with E-state index in [-0.39, 0.29) is 5.92 Å². The fourth-order valence-electron chi connectivity index (χ4n) is 1.94. The summed E-state index contributed by atoms with van der Waals surface area (Å²) in [5, 5.41) is 8.71. The predicted octanol–water partition coefficient (Wildman–Crippen LogP) is 2.28. The first-order valence-electron chi connectivity index (χ1n) is 5.37. The maximum atomic E-state index is 10.6. The average Bonchev–Trinajstić information content (AvgIpc) is 2.10. The Morgan fingerprint density at radius 2 is 2.20 bits per heavy atom. The topological polar surface area (TPSA) is 46.5 Å². The third kappa shape index (κ3) is 4.26. The molecule has 0 saturated heterocycles. The minimum Gasteiger partial charge on any atom is -0.481 e. The van der Waals surface area contributed by atoms with E-state index in [9.17, 15) is 4.79 Å². The molecule has 0 heterocycles. The molecule has 3 nitrogen and oxygen atoms in total. The zero-order chi connectivity index (χ0) is 11.3. The number of ether oxygens (including phenoxy) is 1. The lowest BCUT2D eigenvalue weighted by atomic mass is 9.72. The Bertz CT molecular complexity index is 234. The summed E-state index contributed by atoms with van der Waals surface area (Å²) in [5.41, 5.74) is 0. The van der Waals surface area contributed by atoms with Gasteiger partial charge in [0, 0.05) is 13.7 Å². The van der Waals surface area contributed by atoms with Crippen molar-refractivity contribution in [2.45, 2.75) is 32.1 Å². The SMILES string of the molecule is COCCCC(=S)CC1CC(C(=O)O)C1. The highest BCUT2D eigenvalue weighted by Crippen LogP contribution is 2.36. The van der Waals surface area contributed by atoms with E-state index in [1.165, 1.54) is 0 Å². The van der Waals surface area contributed by atoms with Crippen LogP contribution in [0.4, 0.5) is 0 Å². The Hall–Kier alpha value is -0.480. The molecule has 0 aromatic heterocycles. The van der Waals surface area contributed by atoms with E-state index in [1.807, 2.05) is 0 Å². The number of rotatable bonds is 7. The van der Waals surface area contributed by atoms with Gasteiger partial charge in [0.05, 0.1) is 5.92 Å². The highest BCUT2D eigenvalue weighted by Gasteiger charge is 2.34. The van der Waals surface area contributed by atoms with Gasteiger partial charge in [0.15, 0.2) is 0 Å². The molecule has 1 aliphatic rings. The Morgan fingerprint density at radius 3 is 2.73 bits per heavy atom. The summed E-state index contributed by atoms with van der Waals surface area (Å²) in [6.07, 6.45) is 4.43. The normalized spacial score (nSPS) is 24.6. The van der Waals surface area contributed by atoms with Crippen LogP contribution in [0.2, 0.25) is 0 Å². The van der Waals surface area contributed by atoms with Crippen LogP contribution in [0.3, 0.4) is 0 Å². The summed E-state index contributed by atoms with van der Waals surface area (Å²) in [6, 6.07) is 0. The molecule has 86 valence electrons. The molecule has 1 fully saturated rings. The van der Waals surface area contributed by atoms with Crippen molar-refractivity contribution in [3.8, 4) is 0 Å². The van der Waals surface area contributed by atoms with E-state index >= 15 is 0 Å². The molecule has 0 radical (unpaired) electrons. The number of aliphatic carboxylic acids is 1. The van der Waals surface area contributed by atoms with Gasteiger partial charge in [-0.3, -0.25) is 4.79 Å². The first-order valence-corrected chi connectivity index (χ1v) is 5.77. The molecule has 0 amide bonds. The second kappa shape index (κ2) is 6.18. The van der Waals surface area contributed by atoms with E-state index in [1.54, 1.807) is 7.11 Å². The maximum Gasteiger partial charge on any atom is 0.306 e. The third-order valence-corrected chi connectivity index (χ3v) is 3.28. The first kappa shape index (κ1) is 12.6. The van der Waals surface area contributed by atoms with Crippen LogP contribution in [0.5, 0.6) is 0 Å². The van der Waals surface area contributed by atoms with Gasteiger partial charge < -0.3 is 9.84 Å². The second-order valence-electron chi connectivity index (χ2n) is 4.21. The van der Waals surface area contributed by atoms with Crippen molar-refractivity contribution in [2.75, 3.05) is 13.7 Å². The monoisotopic (exact) mass is 230 g/mol. The van der Waals surface area contributed by atoms with E-state index in [0.717, 1.165) is 43.6 Å². The summed E-state index contributed by atoms with van der Waals surface area (Å²) < 4.78 is 4.95. The van der Waals surface area contributed by atoms with Gasteiger partial charge in [-0.15, -0.1) is 0 Å². The molecular formula is C11H18O3S. The Morgan fingerprint density at radius 1 is 1.53 bits per heavy atom. The molecule has 0 aliphatic heterocycles. The summed E-state index contributed by atoms with van der Waals surface area (Å²) >= 11 is 5.25. The number of thiocarbonyl (C=S) groups is 1. The molecular weight excluding hydrogens is 212 g/mol. The molecule has 1 rings (SSSR count). The Balaban J connectivity index is 2.06. The summed E-state index contributed by atoms with van der Waals surface area (Å²) in [6.45, 7) is 0.753. The lowest BCUT2D eigenvalue weighted by molar-refractivity contribution is -0.146. The highest BCUT2D eigenvalue weighted by atomic mass is 32.1. The summed E-state index contributed by atoms with van der Waals surface area (Å²) in [4.78, 5) is 11.6. The van der Waals surface area contributed by atoms with E-state index in [0.29, 0.717) is 5.92 Å². The molecule has 1 N–H and O–H groups in total. The van der Waals surface area contributed by atoms with E-state index in [2.05, 4.69) is 0 Å². The molecule has 0 spiro atoms. The van der Waals surface area contributed by atoms with Crippen LogP contribution in [0.25, 0.3) is 0 Å². The van der Waals surface area contributed by atoms with Crippen molar-refractivity contribution in [1.82, 2.24) is 0 Å². The zero-order valence-electron chi connectivity index (χ0n) is 9.07. The van der Waals surface area contributed by atoms with Gasteiger partial charge >= 0.3 is 5.97 Å². The van der Waals surface area contributed by atoms with Crippen LogP contribution in [0, 0.1) is 11.8 Å². The number of methoxy groups -OCH3 is 1. The van der Waals surface area contributed by atoms with Crippen LogP contribution in [0.15, 0.2) is 0 Å². The lowest BCUT2D eigenvalue weighted by Gasteiger charge is -2.32. The fourth-order valence-corrected chi connectivity index (χ4v) is 2.32. The van der Waals surface area contributed by atoms with Crippen LogP contribution < -0.4 is 0 Å². The van der Waals surface area contributed by atoms with Gasteiger partial charge in [-0.05, 0) is 42.9 Å². The predicted molar refractivity (Wildman–Crippen MR) is 62.2 cm³/mol. The van der Waals surface area contributed by atoms with Crippen molar-refractivity contribution >= 4 is 23.1 Å². The number of hydrogen-bond donors (Lipinski definition) is 1. The number of carboxylic acids is 1. The quantitative estimate of drug-likeness (QED) is 0.538.